The van der Waals surface area contributed by atoms with Gasteiger partial charge in [0.1, 0.15) is 11.6 Å². The van der Waals surface area contributed by atoms with E-state index in [-0.39, 0.29) is 22.2 Å². The Labute approximate surface area is 161 Å². The Kier molecular flexibility index (Phi) is 4.47. The number of benzene rings is 2. The van der Waals surface area contributed by atoms with Gasteiger partial charge in [0, 0.05) is 23.9 Å². The van der Waals surface area contributed by atoms with Crippen molar-refractivity contribution >= 4 is 21.1 Å². The zero-order valence-corrected chi connectivity index (χ0v) is 15.7. The van der Waals surface area contributed by atoms with Crippen LogP contribution in [0.25, 0.3) is 5.57 Å². The van der Waals surface area contributed by atoms with Crippen molar-refractivity contribution < 1.29 is 17.2 Å². The van der Waals surface area contributed by atoms with Gasteiger partial charge >= 0.3 is 0 Å². The van der Waals surface area contributed by atoms with Gasteiger partial charge in [-0.15, -0.1) is 0 Å². The van der Waals surface area contributed by atoms with E-state index >= 15 is 0 Å². The van der Waals surface area contributed by atoms with E-state index in [2.05, 4.69) is 10.3 Å². The molecule has 2 heterocycles. The number of fused-ring (bicyclic) bond motifs is 1. The molecule has 141 valence electrons. The number of sulfone groups is 1. The van der Waals surface area contributed by atoms with E-state index < -0.39 is 15.7 Å². The molecular weight excluding hydrogens is 382 g/mol. The minimum Gasteiger partial charge on any atom is -0.253 e. The van der Waals surface area contributed by atoms with Crippen LogP contribution in [-0.2, 0) is 16.3 Å². The SMILES string of the molecule is CC1=C(Cc2cccnc2S(=O)(=O)c2ccc(F)cc2)c2cc(F)ccc2[N]1. The van der Waals surface area contributed by atoms with E-state index in [9.17, 15) is 17.2 Å². The normalized spacial score (nSPS) is 13.4. The summed E-state index contributed by atoms with van der Waals surface area (Å²) in [4.78, 5) is 4.04. The van der Waals surface area contributed by atoms with Crippen LogP contribution in [-0.4, -0.2) is 13.4 Å². The zero-order chi connectivity index (χ0) is 19.9. The molecule has 0 spiro atoms. The van der Waals surface area contributed by atoms with Crippen molar-refractivity contribution in [1.29, 1.82) is 0 Å². The summed E-state index contributed by atoms with van der Waals surface area (Å²) >= 11 is 0. The van der Waals surface area contributed by atoms with Crippen LogP contribution >= 0.6 is 0 Å². The molecule has 1 aromatic heterocycles. The Hall–Kier alpha value is -3.06. The summed E-state index contributed by atoms with van der Waals surface area (Å²) in [6, 6.07) is 12.3. The number of allylic oxidation sites excluding steroid dienone is 2. The molecule has 2 aromatic carbocycles. The first-order chi connectivity index (χ1) is 13.4. The van der Waals surface area contributed by atoms with E-state index in [1.54, 1.807) is 25.1 Å². The number of pyridine rings is 1. The Morgan fingerprint density at radius 3 is 2.43 bits per heavy atom. The van der Waals surface area contributed by atoms with Crippen molar-refractivity contribution in [2.24, 2.45) is 0 Å². The monoisotopic (exact) mass is 397 g/mol. The van der Waals surface area contributed by atoms with E-state index in [0.717, 1.165) is 17.7 Å². The number of halogens is 2. The number of aromatic nitrogens is 1. The zero-order valence-electron chi connectivity index (χ0n) is 14.9. The van der Waals surface area contributed by atoms with Crippen LogP contribution in [0.1, 0.15) is 18.1 Å². The molecule has 4 nitrogen and oxygen atoms in total. The molecule has 0 bridgehead atoms. The van der Waals surface area contributed by atoms with Crippen molar-refractivity contribution in [2.45, 2.75) is 23.3 Å². The number of hydrogen-bond acceptors (Lipinski definition) is 3. The number of hydrogen-bond donors (Lipinski definition) is 0. The molecule has 1 aliphatic heterocycles. The maximum absolute atomic E-state index is 13.7. The van der Waals surface area contributed by atoms with Crippen LogP contribution in [0.2, 0.25) is 0 Å². The summed E-state index contributed by atoms with van der Waals surface area (Å²) in [6.45, 7) is 1.80. The van der Waals surface area contributed by atoms with Gasteiger partial charge in [0.2, 0.25) is 9.84 Å². The molecule has 0 fully saturated rings. The highest BCUT2D eigenvalue weighted by molar-refractivity contribution is 7.91. The minimum atomic E-state index is -3.94. The van der Waals surface area contributed by atoms with Crippen LogP contribution in [0, 0.1) is 11.6 Å². The van der Waals surface area contributed by atoms with Crippen LogP contribution in [0.3, 0.4) is 0 Å². The molecule has 0 aliphatic carbocycles. The van der Waals surface area contributed by atoms with Crippen molar-refractivity contribution in [3.8, 4) is 0 Å². The molecule has 0 atom stereocenters. The lowest BCUT2D eigenvalue weighted by atomic mass is 9.99. The smallest absolute Gasteiger partial charge is 0.224 e. The average molecular weight is 397 g/mol. The summed E-state index contributed by atoms with van der Waals surface area (Å²) in [7, 11) is -3.94. The largest absolute Gasteiger partial charge is 0.253 e. The van der Waals surface area contributed by atoms with Crippen molar-refractivity contribution in [1.82, 2.24) is 10.3 Å². The third-order valence-corrected chi connectivity index (χ3v) is 6.37. The Balaban J connectivity index is 1.77. The molecule has 1 radical (unpaired) electrons. The predicted octanol–water partition coefficient (Wildman–Crippen LogP) is 4.42. The summed E-state index contributed by atoms with van der Waals surface area (Å²) in [5.74, 6) is -0.904. The highest BCUT2D eigenvalue weighted by Gasteiger charge is 2.26. The van der Waals surface area contributed by atoms with Gasteiger partial charge in [-0.3, -0.25) is 5.32 Å². The van der Waals surface area contributed by atoms with Gasteiger partial charge in [0.05, 0.1) is 10.6 Å². The van der Waals surface area contributed by atoms with Crippen LogP contribution in [0.15, 0.2) is 76.4 Å². The lowest BCUT2D eigenvalue weighted by Gasteiger charge is -2.11. The summed E-state index contributed by atoms with van der Waals surface area (Å²) < 4.78 is 53.0. The van der Waals surface area contributed by atoms with Gasteiger partial charge in [-0.25, -0.2) is 22.2 Å². The lowest BCUT2D eigenvalue weighted by molar-refractivity contribution is 0.590. The molecule has 0 saturated heterocycles. The van der Waals surface area contributed by atoms with Gasteiger partial charge < -0.3 is 0 Å². The van der Waals surface area contributed by atoms with Crippen LogP contribution in [0.5, 0.6) is 0 Å². The fraction of sp³-hybridized carbons (Fsp3) is 0.0952. The first-order valence-corrected chi connectivity index (χ1v) is 10.0. The van der Waals surface area contributed by atoms with Crippen molar-refractivity contribution in [3.05, 3.63) is 89.3 Å². The van der Waals surface area contributed by atoms with E-state index in [4.69, 9.17) is 0 Å². The molecule has 28 heavy (non-hydrogen) atoms. The third kappa shape index (κ3) is 3.18. The second kappa shape index (κ2) is 6.83. The standard InChI is InChI=1S/C21H15F2N2O2S/c1-13-18(19-12-16(23)6-9-20(19)25-13)11-14-3-2-10-24-21(14)28(26,27)17-7-4-15(22)5-8-17/h2-10,12H,11H2,1H3. The Morgan fingerprint density at radius 2 is 1.68 bits per heavy atom. The summed E-state index contributed by atoms with van der Waals surface area (Å²) in [5, 5.41) is 4.33. The summed E-state index contributed by atoms with van der Waals surface area (Å²) in [5.41, 5.74) is 3.22. The van der Waals surface area contributed by atoms with Crippen LogP contribution in [0.4, 0.5) is 14.5 Å². The van der Waals surface area contributed by atoms with E-state index in [1.165, 1.54) is 30.5 Å². The fourth-order valence-corrected chi connectivity index (χ4v) is 4.63. The maximum Gasteiger partial charge on any atom is 0.224 e. The number of rotatable bonds is 4. The van der Waals surface area contributed by atoms with E-state index in [1.807, 2.05) is 0 Å². The molecule has 4 rings (SSSR count). The molecule has 0 amide bonds. The van der Waals surface area contributed by atoms with Gasteiger partial charge in [0.15, 0.2) is 5.03 Å². The Bertz CT molecular complexity index is 1200. The minimum absolute atomic E-state index is 0.0397. The van der Waals surface area contributed by atoms with Gasteiger partial charge in [-0.05, 0) is 66.6 Å². The lowest BCUT2D eigenvalue weighted by Crippen LogP contribution is -2.09. The molecular formula is C21H15F2N2O2S. The number of nitrogens with zero attached hydrogens (tertiary/aromatic N) is 2. The highest BCUT2D eigenvalue weighted by atomic mass is 32.2. The van der Waals surface area contributed by atoms with Gasteiger partial charge in [0.25, 0.3) is 0 Å². The van der Waals surface area contributed by atoms with E-state index in [0.29, 0.717) is 22.5 Å². The van der Waals surface area contributed by atoms with Gasteiger partial charge in [-0.1, -0.05) is 6.07 Å². The molecule has 0 saturated carbocycles. The summed E-state index contributed by atoms with van der Waals surface area (Å²) in [6.07, 6.45) is 1.63. The highest BCUT2D eigenvalue weighted by Crippen LogP contribution is 2.38. The van der Waals surface area contributed by atoms with Crippen molar-refractivity contribution in [2.75, 3.05) is 0 Å². The average Bonchev–Trinajstić information content (AvgIpc) is 2.97. The fourth-order valence-electron chi connectivity index (χ4n) is 3.23. The first-order valence-electron chi connectivity index (χ1n) is 8.52. The maximum atomic E-state index is 13.7. The second-order valence-electron chi connectivity index (χ2n) is 6.44. The molecule has 7 heteroatoms. The van der Waals surface area contributed by atoms with Crippen molar-refractivity contribution in [3.63, 3.8) is 0 Å². The van der Waals surface area contributed by atoms with Gasteiger partial charge in [-0.2, -0.15) is 0 Å². The quantitative estimate of drug-likeness (QED) is 0.613. The van der Waals surface area contributed by atoms with Crippen LogP contribution < -0.4 is 5.32 Å². The Morgan fingerprint density at radius 1 is 0.964 bits per heavy atom. The molecule has 3 aromatic rings. The molecule has 1 aliphatic rings. The first kappa shape index (κ1) is 18.3. The third-order valence-electron chi connectivity index (χ3n) is 4.60. The molecule has 0 N–H and O–H groups in total. The topological polar surface area (TPSA) is 61.1 Å². The second-order valence-corrected chi connectivity index (χ2v) is 8.30. The predicted molar refractivity (Wildman–Crippen MR) is 101 cm³/mol. The molecule has 0 unspecified atom stereocenters.